The van der Waals surface area contributed by atoms with Gasteiger partial charge >= 0.3 is 7.60 Å². The molecule has 0 spiro atoms. The van der Waals surface area contributed by atoms with E-state index in [1.54, 1.807) is 7.85 Å². The minimum atomic E-state index is -4.65. The molecule has 0 aromatic rings. The standard InChI is InChI=1S/C13H28BBrFO6P/c1-5-12(16,8-9(17)10(15)11(14)21-4)22-23(19,20)13(18,6-2)7-3/h9-11,17-18H,5-8,14H2,1-4H3,(H,19,20)/t9?,10-,11-,12?/m1/s1. The number of methoxy groups -OCH3 is 1. The van der Waals surface area contributed by atoms with E-state index >= 15 is 0 Å². The summed E-state index contributed by atoms with van der Waals surface area (Å²) in [5, 5.41) is 18.3. The van der Waals surface area contributed by atoms with Crippen molar-refractivity contribution >= 4 is 31.4 Å². The Kier molecular flexibility index (Phi) is 9.47. The van der Waals surface area contributed by atoms with Gasteiger partial charge in [0.1, 0.15) is 7.85 Å². The lowest BCUT2D eigenvalue weighted by Gasteiger charge is -2.36. The molecule has 0 saturated heterocycles. The minimum Gasteiger partial charge on any atom is -0.392 e. The van der Waals surface area contributed by atoms with E-state index in [0.717, 1.165) is 0 Å². The zero-order valence-corrected chi connectivity index (χ0v) is 16.8. The molecule has 138 valence electrons. The quantitative estimate of drug-likeness (QED) is 0.268. The average Bonchev–Trinajstić information content (AvgIpc) is 2.51. The van der Waals surface area contributed by atoms with Crippen LogP contribution in [0.15, 0.2) is 0 Å². The number of alkyl halides is 2. The molecule has 0 rings (SSSR count). The number of halogens is 2. The van der Waals surface area contributed by atoms with E-state index in [-0.39, 0.29) is 19.3 Å². The highest BCUT2D eigenvalue weighted by Gasteiger charge is 2.50. The van der Waals surface area contributed by atoms with Crippen molar-refractivity contribution in [2.45, 2.75) is 74.6 Å². The predicted octanol–water partition coefficient (Wildman–Crippen LogP) is 1.89. The van der Waals surface area contributed by atoms with Gasteiger partial charge in [-0.2, -0.15) is 0 Å². The second kappa shape index (κ2) is 9.27. The summed E-state index contributed by atoms with van der Waals surface area (Å²) in [7, 11) is -1.50. The third-order valence-corrected chi connectivity index (χ3v) is 7.79. The van der Waals surface area contributed by atoms with E-state index in [1.165, 1.54) is 27.9 Å². The van der Waals surface area contributed by atoms with Crippen LogP contribution in [-0.4, -0.2) is 58.2 Å². The largest absolute Gasteiger partial charge is 0.392 e. The molecule has 0 fully saturated rings. The van der Waals surface area contributed by atoms with Crippen molar-refractivity contribution in [3.63, 3.8) is 0 Å². The smallest absolute Gasteiger partial charge is 0.362 e. The van der Waals surface area contributed by atoms with Gasteiger partial charge in [-0.15, -0.1) is 0 Å². The monoisotopic (exact) mass is 420 g/mol. The van der Waals surface area contributed by atoms with Gasteiger partial charge in [-0.3, -0.25) is 9.09 Å². The minimum absolute atomic E-state index is 0.0542. The summed E-state index contributed by atoms with van der Waals surface area (Å²) in [5.41, 5.74) is 0. The van der Waals surface area contributed by atoms with Crippen LogP contribution in [0.4, 0.5) is 4.39 Å². The maximum absolute atomic E-state index is 14.9. The predicted molar refractivity (Wildman–Crippen MR) is 93.3 cm³/mol. The van der Waals surface area contributed by atoms with Crippen molar-refractivity contribution in [3.8, 4) is 0 Å². The van der Waals surface area contributed by atoms with E-state index in [4.69, 9.17) is 9.26 Å². The molecule has 0 radical (unpaired) electrons. The van der Waals surface area contributed by atoms with Gasteiger partial charge in [0, 0.05) is 26.0 Å². The molecule has 0 saturated carbocycles. The third kappa shape index (κ3) is 6.06. The SMILES string of the molecule is B[C@H](OC)[C@H](Br)C(O)CC(F)(CC)OP(=O)(O)C(O)(CC)CC. The first-order chi connectivity index (χ1) is 10.4. The molecular formula is C13H28BBrFO6P. The van der Waals surface area contributed by atoms with Gasteiger partial charge in [0.15, 0.2) is 5.34 Å². The number of hydrogen-bond acceptors (Lipinski definition) is 5. The zero-order valence-electron chi connectivity index (χ0n) is 14.3. The molecule has 0 amide bonds. The van der Waals surface area contributed by atoms with Crippen LogP contribution in [-0.2, 0) is 13.8 Å². The summed E-state index contributed by atoms with van der Waals surface area (Å²) in [4.78, 5) is 9.46. The second-order valence-electron chi connectivity index (χ2n) is 5.69. The van der Waals surface area contributed by atoms with E-state index in [0.29, 0.717) is 0 Å². The molecule has 3 N–H and O–H groups in total. The third-order valence-electron chi connectivity index (χ3n) is 4.18. The van der Waals surface area contributed by atoms with Crippen LogP contribution in [0.25, 0.3) is 0 Å². The lowest BCUT2D eigenvalue weighted by Crippen LogP contribution is -2.41. The van der Waals surface area contributed by atoms with Gasteiger partial charge in [-0.05, 0) is 12.8 Å². The average molecular weight is 421 g/mol. The highest BCUT2D eigenvalue weighted by atomic mass is 79.9. The Balaban J connectivity index is 5.21. The topological polar surface area (TPSA) is 96.2 Å². The number of hydrogen-bond donors (Lipinski definition) is 3. The van der Waals surface area contributed by atoms with Gasteiger partial charge in [-0.1, -0.05) is 36.7 Å². The molecule has 0 heterocycles. The number of rotatable bonds is 11. The van der Waals surface area contributed by atoms with Crippen molar-refractivity contribution in [2.24, 2.45) is 0 Å². The number of aliphatic hydroxyl groups excluding tert-OH is 1. The van der Waals surface area contributed by atoms with Crippen LogP contribution >= 0.6 is 23.5 Å². The van der Waals surface area contributed by atoms with Crippen LogP contribution in [0.2, 0.25) is 0 Å². The first-order valence-corrected chi connectivity index (χ1v) is 10.2. The molecule has 0 aliphatic carbocycles. The van der Waals surface area contributed by atoms with Crippen molar-refractivity contribution in [2.75, 3.05) is 7.11 Å². The zero-order chi connectivity index (χ0) is 18.5. The fourth-order valence-electron chi connectivity index (χ4n) is 2.07. The summed E-state index contributed by atoms with van der Waals surface area (Å²) in [5.74, 6) is -2.54. The van der Waals surface area contributed by atoms with E-state index in [9.17, 15) is 24.1 Å². The van der Waals surface area contributed by atoms with E-state index in [2.05, 4.69) is 15.9 Å². The fourth-order valence-corrected chi connectivity index (χ4v) is 4.09. The first-order valence-electron chi connectivity index (χ1n) is 7.71. The number of ether oxygens (including phenoxy) is 1. The summed E-state index contributed by atoms with van der Waals surface area (Å²) in [6.07, 6.45) is -2.09. The van der Waals surface area contributed by atoms with Crippen molar-refractivity contribution in [1.82, 2.24) is 0 Å². The Morgan fingerprint density at radius 2 is 1.78 bits per heavy atom. The summed E-state index contributed by atoms with van der Waals surface area (Å²) in [6.45, 7) is 4.48. The maximum atomic E-state index is 14.9. The van der Waals surface area contributed by atoms with Gasteiger partial charge in [0.05, 0.1) is 10.9 Å². The Bertz CT molecular complexity index is 414. The first kappa shape index (κ1) is 23.5. The molecule has 0 aliphatic rings. The molecule has 0 bridgehead atoms. The van der Waals surface area contributed by atoms with Crippen molar-refractivity contribution in [1.29, 1.82) is 0 Å². The van der Waals surface area contributed by atoms with E-state index in [1.807, 2.05) is 0 Å². The van der Waals surface area contributed by atoms with Gasteiger partial charge in [-0.25, -0.2) is 4.39 Å². The van der Waals surface area contributed by atoms with Crippen LogP contribution in [0, 0.1) is 0 Å². The molecule has 23 heavy (non-hydrogen) atoms. The Morgan fingerprint density at radius 3 is 2.13 bits per heavy atom. The normalized spacial score (nSPS) is 22.0. The van der Waals surface area contributed by atoms with Crippen LogP contribution < -0.4 is 0 Å². The van der Waals surface area contributed by atoms with Crippen molar-refractivity contribution < 1.29 is 33.3 Å². The van der Waals surface area contributed by atoms with E-state index < -0.39 is 42.1 Å². The van der Waals surface area contributed by atoms with Crippen LogP contribution in [0.3, 0.4) is 0 Å². The fraction of sp³-hybridized carbons (Fsp3) is 1.00. The lowest BCUT2D eigenvalue weighted by atomic mass is 9.91. The van der Waals surface area contributed by atoms with Gasteiger partial charge < -0.3 is 19.8 Å². The Labute approximate surface area is 146 Å². The molecule has 0 aromatic heterocycles. The highest BCUT2D eigenvalue weighted by molar-refractivity contribution is 9.09. The van der Waals surface area contributed by atoms with Gasteiger partial charge in [0.2, 0.25) is 5.85 Å². The highest BCUT2D eigenvalue weighted by Crippen LogP contribution is 2.60. The van der Waals surface area contributed by atoms with Crippen molar-refractivity contribution in [3.05, 3.63) is 0 Å². The molecule has 0 aromatic carbocycles. The summed E-state index contributed by atoms with van der Waals surface area (Å²) in [6, 6.07) is -0.393. The molecule has 10 heteroatoms. The Morgan fingerprint density at radius 1 is 1.30 bits per heavy atom. The molecule has 0 aliphatic heterocycles. The van der Waals surface area contributed by atoms with Crippen LogP contribution in [0.5, 0.6) is 0 Å². The molecule has 6 nitrogen and oxygen atoms in total. The number of aliphatic hydroxyl groups is 2. The lowest BCUT2D eigenvalue weighted by molar-refractivity contribution is -0.113. The molecule has 3 unspecified atom stereocenters. The van der Waals surface area contributed by atoms with Crippen LogP contribution in [0.1, 0.15) is 46.5 Å². The molecule has 5 atom stereocenters. The summed E-state index contributed by atoms with van der Waals surface area (Å²) < 4.78 is 37.1. The summed E-state index contributed by atoms with van der Waals surface area (Å²) >= 11 is 3.22. The maximum Gasteiger partial charge on any atom is 0.362 e. The Hall–Kier alpha value is 0.505. The van der Waals surface area contributed by atoms with Gasteiger partial charge in [0.25, 0.3) is 0 Å². The molecular weight excluding hydrogens is 393 g/mol. The second-order valence-corrected chi connectivity index (χ2v) is 8.81.